The van der Waals surface area contributed by atoms with Crippen LogP contribution >= 0.6 is 11.8 Å². The van der Waals surface area contributed by atoms with Gasteiger partial charge in [0.15, 0.2) is 0 Å². The minimum Gasteiger partial charge on any atom is -0.395 e. The molecule has 1 fully saturated rings. The minimum atomic E-state index is -0.111. The molecule has 136 valence electrons. The van der Waals surface area contributed by atoms with Gasteiger partial charge >= 0.3 is 0 Å². The summed E-state index contributed by atoms with van der Waals surface area (Å²) in [5, 5.41) is 12.2. The van der Waals surface area contributed by atoms with Crippen LogP contribution in [0.5, 0.6) is 0 Å². The number of nitrogens with zero attached hydrogens (tertiary/aromatic N) is 2. The summed E-state index contributed by atoms with van der Waals surface area (Å²) in [6.07, 6.45) is 0.908. The lowest BCUT2D eigenvalue weighted by Crippen LogP contribution is -2.52. The Morgan fingerprint density at radius 3 is 2.72 bits per heavy atom. The molecule has 2 amide bonds. The normalized spacial score (nSPS) is 22.3. The number of anilines is 1. The Morgan fingerprint density at radius 2 is 2.08 bits per heavy atom. The average Bonchev–Trinajstić information content (AvgIpc) is 2.63. The molecular formula is C18H25N3O3S. The lowest BCUT2D eigenvalue weighted by Gasteiger charge is -2.38. The van der Waals surface area contributed by atoms with E-state index in [4.69, 9.17) is 0 Å². The lowest BCUT2D eigenvalue weighted by atomic mass is 10.1. The van der Waals surface area contributed by atoms with E-state index in [2.05, 4.69) is 17.1 Å². The lowest BCUT2D eigenvalue weighted by molar-refractivity contribution is -0.115. The van der Waals surface area contributed by atoms with E-state index >= 15 is 0 Å². The maximum atomic E-state index is 12.8. The highest BCUT2D eigenvalue weighted by molar-refractivity contribution is 8.00. The van der Waals surface area contributed by atoms with E-state index in [1.54, 1.807) is 6.07 Å². The van der Waals surface area contributed by atoms with Crippen LogP contribution in [0, 0.1) is 0 Å². The molecule has 6 nitrogen and oxygen atoms in total. The second-order valence-corrected chi connectivity index (χ2v) is 7.92. The summed E-state index contributed by atoms with van der Waals surface area (Å²) in [6, 6.07) is 5.71. The van der Waals surface area contributed by atoms with Crippen LogP contribution < -0.4 is 5.32 Å². The van der Waals surface area contributed by atoms with Crippen LogP contribution in [-0.2, 0) is 4.79 Å². The number of carbonyl (C=O) groups is 2. The van der Waals surface area contributed by atoms with Gasteiger partial charge in [-0.15, -0.1) is 11.8 Å². The van der Waals surface area contributed by atoms with Crippen LogP contribution in [0.1, 0.15) is 30.6 Å². The number of thioether (sulfide) groups is 1. The average molecular weight is 363 g/mol. The van der Waals surface area contributed by atoms with Gasteiger partial charge in [-0.1, -0.05) is 6.92 Å². The number of hydrogen-bond donors (Lipinski definition) is 2. The number of piperazine rings is 1. The van der Waals surface area contributed by atoms with Gasteiger partial charge in [0.25, 0.3) is 5.91 Å². The number of carbonyl (C=O) groups excluding carboxylic acids is 2. The number of benzene rings is 1. The van der Waals surface area contributed by atoms with Crippen LogP contribution in [0.3, 0.4) is 0 Å². The summed E-state index contributed by atoms with van der Waals surface area (Å²) < 4.78 is 0. The number of hydrogen-bond acceptors (Lipinski definition) is 5. The number of amides is 2. The highest BCUT2D eigenvalue weighted by atomic mass is 32.2. The first-order valence-electron chi connectivity index (χ1n) is 8.79. The molecule has 2 aliphatic heterocycles. The summed E-state index contributed by atoms with van der Waals surface area (Å²) in [6.45, 7) is 6.97. The van der Waals surface area contributed by atoms with Crippen LogP contribution in [-0.4, -0.2) is 70.8 Å². The Hall–Kier alpha value is -1.57. The smallest absolute Gasteiger partial charge is 0.254 e. The summed E-state index contributed by atoms with van der Waals surface area (Å²) in [5.41, 5.74) is 1.33. The van der Waals surface area contributed by atoms with Gasteiger partial charge in [0.2, 0.25) is 5.91 Å². The van der Waals surface area contributed by atoms with Crippen molar-refractivity contribution in [2.24, 2.45) is 0 Å². The molecule has 3 rings (SSSR count). The molecule has 1 saturated heterocycles. The molecule has 0 aromatic heterocycles. The number of aliphatic hydroxyl groups excluding tert-OH is 1. The van der Waals surface area contributed by atoms with Crippen LogP contribution in [0.25, 0.3) is 0 Å². The Bertz CT molecular complexity index is 655. The molecule has 0 spiro atoms. The fourth-order valence-corrected chi connectivity index (χ4v) is 4.25. The largest absolute Gasteiger partial charge is 0.395 e. The summed E-state index contributed by atoms with van der Waals surface area (Å²) >= 11 is 1.52. The maximum Gasteiger partial charge on any atom is 0.254 e. The van der Waals surface area contributed by atoms with Gasteiger partial charge < -0.3 is 15.3 Å². The molecule has 1 aromatic carbocycles. The molecule has 2 heterocycles. The fraction of sp³-hybridized carbons (Fsp3) is 0.556. The van der Waals surface area contributed by atoms with Gasteiger partial charge in [-0.3, -0.25) is 14.5 Å². The Morgan fingerprint density at radius 1 is 1.36 bits per heavy atom. The predicted octanol–water partition coefficient (Wildman–Crippen LogP) is 1.65. The van der Waals surface area contributed by atoms with Gasteiger partial charge in [-0.2, -0.15) is 0 Å². The number of fused-ring (bicyclic) bond motifs is 1. The molecule has 1 aromatic rings. The minimum absolute atomic E-state index is 0.00244. The highest BCUT2D eigenvalue weighted by Gasteiger charge is 2.27. The summed E-state index contributed by atoms with van der Waals surface area (Å²) in [4.78, 5) is 29.7. The number of aliphatic hydroxyl groups is 1. The molecular weight excluding hydrogens is 338 g/mol. The van der Waals surface area contributed by atoms with E-state index in [0.717, 1.165) is 30.1 Å². The third-order valence-electron chi connectivity index (χ3n) is 4.96. The molecule has 2 aliphatic rings. The Balaban J connectivity index is 1.66. The summed E-state index contributed by atoms with van der Waals surface area (Å²) in [7, 11) is 0. The van der Waals surface area contributed by atoms with Crippen molar-refractivity contribution in [1.29, 1.82) is 0 Å². The molecule has 0 aliphatic carbocycles. The monoisotopic (exact) mass is 363 g/mol. The molecule has 7 heteroatoms. The molecule has 0 unspecified atom stereocenters. The van der Waals surface area contributed by atoms with Crippen LogP contribution in [0.15, 0.2) is 23.1 Å². The molecule has 0 radical (unpaired) electrons. The van der Waals surface area contributed by atoms with Gasteiger partial charge in [0, 0.05) is 42.7 Å². The molecule has 2 N–H and O–H groups in total. The maximum absolute atomic E-state index is 12.8. The van der Waals surface area contributed by atoms with Crippen molar-refractivity contribution in [3.63, 3.8) is 0 Å². The fourth-order valence-electron chi connectivity index (χ4n) is 3.32. The van der Waals surface area contributed by atoms with E-state index < -0.39 is 0 Å². The first kappa shape index (κ1) is 18.2. The van der Waals surface area contributed by atoms with Gasteiger partial charge in [-0.05, 0) is 31.5 Å². The van der Waals surface area contributed by atoms with Crippen LogP contribution in [0.2, 0.25) is 0 Å². The topological polar surface area (TPSA) is 72.9 Å². The summed E-state index contributed by atoms with van der Waals surface area (Å²) in [5.74, 6) is -0.0253. The zero-order valence-electron chi connectivity index (χ0n) is 14.7. The predicted molar refractivity (Wildman–Crippen MR) is 99.0 cm³/mol. The quantitative estimate of drug-likeness (QED) is 0.851. The number of rotatable bonds is 4. The van der Waals surface area contributed by atoms with E-state index in [9.17, 15) is 14.7 Å². The Kier molecular flexibility index (Phi) is 5.66. The second-order valence-electron chi connectivity index (χ2n) is 6.53. The number of nitrogens with one attached hydrogen (secondary N) is 1. The van der Waals surface area contributed by atoms with Crippen molar-refractivity contribution >= 4 is 29.3 Å². The van der Waals surface area contributed by atoms with Crippen molar-refractivity contribution in [1.82, 2.24) is 9.80 Å². The van der Waals surface area contributed by atoms with E-state index in [0.29, 0.717) is 18.7 Å². The van der Waals surface area contributed by atoms with Gasteiger partial charge in [0.05, 0.1) is 17.5 Å². The highest BCUT2D eigenvalue weighted by Crippen LogP contribution is 2.36. The third-order valence-corrected chi connectivity index (χ3v) is 6.13. The zero-order valence-corrected chi connectivity index (χ0v) is 15.5. The van der Waals surface area contributed by atoms with Crippen molar-refractivity contribution in [2.45, 2.75) is 36.5 Å². The van der Waals surface area contributed by atoms with E-state index in [1.807, 2.05) is 24.0 Å². The van der Waals surface area contributed by atoms with Crippen molar-refractivity contribution in [3.8, 4) is 0 Å². The first-order chi connectivity index (χ1) is 12.0. The molecule has 25 heavy (non-hydrogen) atoms. The van der Waals surface area contributed by atoms with Gasteiger partial charge in [-0.25, -0.2) is 0 Å². The van der Waals surface area contributed by atoms with E-state index in [1.165, 1.54) is 11.8 Å². The molecule has 2 atom stereocenters. The van der Waals surface area contributed by atoms with Crippen molar-refractivity contribution in [3.05, 3.63) is 23.8 Å². The Labute approximate surface area is 152 Å². The van der Waals surface area contributed by atoms with Gasteiger partial charge in [0.1, 0.15) is 0 Å². The molecule has 0 saturated carbocycles. The van der Waals surface area contributed by atoms with Crippen molar-refractivity contribution in [2.75, 3.05) is 38.1 Å². The molecule has 0 bridgehead atoms. The SMILES string of the molecule is CC[C@H](CO)N1CCN(C(=O)c2ccc3c(c2)NC(=O)[C@H](C)S3)CC1. The standard InChI is InChI=1S/C18H25N3O3S/c1-3-14(11-22)20-6-8-21(9-7-20)18(24)13-4-5-16-15(10-13)19-17(23)12(2)25-16/h4-5,10,12,14,22H,3,6-9,11H2,1-2H3,(H,19,23)/t12-,14+/m0/s1. The first-order valence-corrected chi connectivity index (χ1v) is 9.67. The van der Waals surface area contributed by atoms with Crippen LogP contribution in [0.4, 0.5) is 5.69 Å². The third kappa shape index (κ3) is 3.83. The van der Waals surface area contributed by atoms with E-state index in [-0.39, 0.29) is 29.7 Å². The zero-order chi connectivity index (χ0) is 18.0. The van der Waals surface area contributed by atoms with Crippen molar-refractivity contribution < 1.29 is 14.7 Å². The second kappa shape index (κ2) is 7.76.